The Bertz CT molecular complexity index is 609. The Morgan fingerprint density at radius 3 is 2.85 bits per heavy atom. The third-order valence-electron chi connectivity index (χ3n) is 3.86. The first kappa shape index (κ1) is 13.1. The van der Waals surface area contributed by atoms with E-state index in [1.54, 1.807) is 6.33 Å². The van der Waals surface area contributed by atoms with Gasteiger partial charge in [0.05, 0.1) is 6.04 Å². The lowest BCUT2D eigenvalue weighted by atomic mass is 10.1. The molecule has 0 bridgehead atoms. The highest BCUT2D eigenvalue weighted by Crippen LogP contribution is 2.32. The molecule has 1 aromatic carbocycles. The van der Waals surface area contributed by atoms with Gasteiger partial charge in [-0.1, -0.05) is 38.1 Å². The van der Waals surface area contributed by atoms with Gasteiger partial charge in [-0.25, -0.2) is 9.97 Å². The minimum Gasteiger partial charge on any atom is -0.362 e. The average molecular weight is 268 g/mol. The van der Waals surface area contributed by atoms with Crippen LogP contribution >= 0.6 is 0 Å². The highest BCUT2D eigenvalue weighted by Gasteiger charge is 2.29. The van der Waals surface area contributed by atoms with Crippen LogP contribution in [0.3, 0.4) is 0 Å². The van der Waals surface area contributed by atoms with Crippen LogP contribution in [0.4, 0.5) is 5.82 Å². The van der Waals surface area contributed by atoms with Gasteiger partial charge in [-0.15, -0.1) is 0 Å². The van der Waals surface area contributed by atoms with Gasteiger partial charge in [0.2, 0.25) is 0 Å². The van der Waals surface area contributed by atoms with Crippen LogP contribution in [-0.2, 0) is 6.42 Å². The van der Waals surface area contributed by atoms with Crippen LogP contribution in [0, 0.1) is 0 Å². The maximum Gasteiger partial charge on any atom is 0.130 e. The van der Waals surface area contributed by atoms with Crippen molar-refractivity contribution in [3.8, 4) is 0 Å². The largest absolute Gasteiger partial charge is 0.362 e. The van der Waals surface area contributed by atoms with E-state index in [0.717, 1.165) is 17.9 Å². The molecule has 0 fully saturated rings. The molecule has 0 radical (unpaired) electrons. The van der Waals surface area contributed by atoms with E-state index in [0.29, 0.717) is 5.92 Å². The molecule has 20 heavy (non-hydrogen) atoms. The van der Waals surface area contributed by atoms with Crippen LogP contribution in [0.25, 0.3) is 0 Å². The van der Waals surface area contributed by atoms with E-state index in [1.807, 2.05) is 6.07 Å². The molecule has 2 aromatic rings. The van der Waals surface area contributed by atoms with Crippen LogP contribution in [0.5, 0.6) is 0 Å². The average Bonchev–Trinajstić information content (AvgIpc) is 2.76. The first-order valence-electron chi connectivity index (χ1n) is 7.07. The number of rotatable bonds is 3. The maximum absolute atomic E-state index is 6.27. The zero-order valence-corrected chi connectivity index (χ0v) is 11.9. The number of nitrogens with two attached hydrogens (primary N) is 1. The summed E-state index contributed by atoms with van der Waals surface area (Å²) < 4.78 is 0. The van der Waals surface area contributed by atoms with Crippen LogP contribution < -0.4 is 11.1 Å². The molecule has 1 aliphatic rings. The van der Waals surface area contributed by atoms with E-state index >= 15 is 0 Å². The Morgan fingerprint density at radius 1 is 1.25 bits per heavy atom. The van der Waals surface area contributed by atoms with Crippen LogP contribution in [0.1, 0.15) is 42.6 Å². The molecule has 0 saturated heterocycles. The second kappa shape index (κ2) is 5.21. The van der Waals surface area contributed by atoms with Crippen molar-refractivity contribution >= 4 is 5.82 Å². The smallest absolute Gasteiger partial charge is 0.130 e. The van der Waals surface area contributed by atoms with Gasteiger partial charge in [0.25, 0.3) is 0 Å². The van der Waals surface area contributed by atoms with Gasteiger partial charge in [-0.2, -0.15) is 0 Å². The number of hydrogen-bond donors (Lipinski definition) is 2. The number of benzene rings is 1. The Morgan fingerprint density at radius 2 is 2.05 bits per heavy atom. The number of nitrogens with zero attached hydrogens (tertiary/aromatic N) is 2. The molecule has 3 N–H and O–H groups in total. The Hall–Kier alpha value is -1.94. The third kappa shape index (κ3) is 2.39. The Labute approximate surface area is 119 Å². The van der Waals surface area contributed by atoms with Crippen LogP contribution in [0.15, 0.2) is 36.7 Å². The van der Waals surface area contributed by atoms with Crippen molar-refractivity contribution in [1.29, 1.82) is 0 Å². The highest BCUT2D eigenvalue weighted by molar-refractivity contribution is 5.46. The summed E-state index contributed by atoms with van der Waals surface area (Å²) in [6.07, 6.45) is 2.53. The number of nitrogens with one attached hydrogen (secondary N) is 1. The predicted molar refractivity (Wildman–Crippen MR) is 80.6 cm³/mol. The molecule has 0 spiro atoms. The summed E-state index contributed by atoms with van der Waals surface area (Å²) in [5.74, 6) is 1.24. The summed E-state index contributed by atoms with van der Waals surface area (Å²) in [6.45, 7) is 4.26. The zero-order valence-electron chi connectivity index (χ0n) is 11.9. The van der Waals surface area contributed by atoms with Crippen molar-refractivity contribution in [2.24, 2.45) is 5.73 Å². The summed E-state index contributed by atoms with van der Waals surface area (Å²) in [7, 11) is 0. The van der Waals surface area contributed by atoms with Gasteiger partial charge < -0.3 is 11.1 Å². The van der Waals surface area contributed by atoms with Crippen molar-refractivity contribution in [1.82, 2.24) is 9.97 Å². The number of hydrogen-bond acceptors (Lipinski definition) is 4. The first-order chi connectivity index (χ1) is 9.65. The molecule has 2 unspecified atom stereocenters. The molecule has 3 rings (SSSR count). The lowest BCUT2D eigenvalue weighted by Crippen LogP contribution is -2.30. The molecule has 4 nitrogen and oxygen atoms in total. The SMILES string of the molecule is CC(C)c1cc(NC2c3ccccc3CC2N)ncn1. The number of aromatic nitrogens is 2. The van der Waals surface area contributed by atoms with Gasteiger partial charge in [-0.3, -0.25) is 0 Å². The van der Waals surface area contributed by atoms with Gasteiger partial charge in [-0.05, 0) is 23.5 Å². The second-order valence-corrected chi connectivity index (χ2v) is 5.67. The molecule has 0 aliphatic heterocycles. The molecular weight excluding hydrogens is 248 g/mol. The first-order valence-corrected chi connectivity index (χ1v) is 7.07. The van der Waals surface area contributed by atoms with Crippen LogP contribution in [0.2, 0.25) is 0 Å². The van der Waals surface area contributed by atoms with Gasteiger partial charge in [0, 0.05) is 17.8 Å². The fourth-order valence-electron chi connectivity index (χ4n) is 2.74. The summed E-state index contributed by atoms with van der Waals surface area (Å²) in [5.41, 5.74) is 9.92. The molecule has 4 heteroatoms. The minimum atomic E-state index is 0.0878. The van der Waals surface area contributed by atoms with E-state index in [1.165, 1.54) is 11.1 Å². The number of fused-ring (bicyclic) bond motifs is 1. The Balaban J connectivity index is 1.86. The lowest BCUT2D eigenvalue weighted by Gasteiger charge is -2.19. The molecule has 0 amide bonds. The molecule has 1 aliphatic carbocycles. The maximum atomic E-state index is 6.27. The second-order valence-electron chi connectivity index (χ2n) is 5.67. The summed E-state index contributed by atoms with van der Waals surface area (Å²) in [5, 5.41) is 3.47. The monoisotopic (exact) mass is 268 g/mol. The van der Waals surface area contributed by atoms with Crippen LogP contribution in [-0.4, -0.2) is 16.0 Å². The van der Waals surface area contributed by atoms with Crippen molar-refractivity contribution in [3.05, 3.63) is 53.5 Å². The minimum absolute atomic E-state index is 0.0878. The normalized spacial score (nSPS) is 21.0. The highest BCUT2D eigenvalue weighted by atomic mass is 15.1. The lowest BCUT2D eigenvalue weighted by molar-refractivity contribution is 0.623. The van der Waals surface area contributed by atoms with Gasteiger partial charge in [0.1, 0.15) is 12.1 Å². The van der Waals surface area contributed by atoms with E-state index in [2.05, 4.69) is 53.4 Å². The molecular formula is C16H20N4. The standard InChI is InChI=1S/C16H20N4/c1-10(2)14-8-15(19-9-18-14)20-16-12-6-4-3-5-11(12)7-13(16)17/h3-6,8-10,13,16H,7,17H2,1-2H3,(H,18,19,20). The molecule has 1 heterocycles. The van der Waals surface area contributed by atoms with Crippen molar-refractivity contribution < 1.29 is 0 Å². The van der Waals surface area contributed by atoms with Crippen molar-refractivity contribution in [2.75, 3.05) is 5.32 Å². The Kier molecular flexibility index (Phi) is 3.40. The molecule has 0 saturated carbocycles. The van der Waals surface area contributed by atoms with E-state index in [-0.39, 0.29) is 12.1 Å². The van der Waals surface area contributed by atoms with Gasteiger partial charge in [0.15, 0.2) is 0 Å². The van der Waals surface area contributed by atoms with Crippen molar-refractivity contribution in [2.45, 2.75) is 38.3 Å². The summed E-state index contributed by atoms with van der Waals surface area (Å²) in [6, 6.07) is 10.6. The van der Waals surface area contributed by atoms with E-state index in [4.69, 9.17) is 5.73 Å². The van der Waals surface area contributed by atoms with Gasteiger partial charge >= 0.3 is 0 Å². The predicted octanol–water partition coefficient (Wildman–Crippen LogP) is 2.64. The third-order valence-corrected chi connectivity index (χ3v) is 3.86. The van der Waals surface area contributed by atoms with E-state index in [9.17, 15) is 0 Å². The quantitative estimate of drug-likeness (QED) is 0.898. The van der Waals surface area contributed by atoms with Crippen molar-refractivity contribution in [3.63, 3.8) is 0 Å². The fourth-order valence-corrected chi connectivity index (χ4v) is 2.74. The molecule has 2 atom stereocenters. The van der Waals surface area contributed by atoms with E-state index < -0.39 is 0 Å². The summed E-state index contributed by atoms with van der Waals surface area (Å²) in [4.78, 5) is 8.61. The summed E-state index contributed by atoms with van der Waals surface area (Å²) >= 11 is 0. The number of anilines is 1. The fraction of sp³-hybridized carbons (Fsp3) is 0.375. The zero-order chi connectivity index (χ0) is 14.1. The molecule has 1 aromatic heterocycles. The molecule has 104 valence electrons. The topological polar surface area (TPSA) is 63.8 Å².